The molecule has 0 aliphatic carbocycles. The summed E-state index contributed by atoms with van der Waals surface area (Å²) in [5, 5.41) is 15.0. The number of methoxy groups -OCH3 is 1. The van der Waals surface area contributed by atoms with Gasteiger partial charge in [-0.1, -0.05) is 0 Å². The molecular weight excluding hydrogens is 290 g/mol. The van der Waals surface area contributed by atoms with Gasteiger partial charge in [-0.15, -0.1) is 0 Å². The summed E-state index contributed by atoms with van der Waals surface area (Å²) in [6, 6.07) is -1.42. The molecule has 10 heteroatoms. The van der Waals surface area contributed by atoms with Gasteiger partial charge >= 0.3 is 11.9 Å². The molecule has 0 amide bonds. The first-order chi connectivity index (χ1) is 9.27. The Labute approximate surface area is 115 Å². The first-order valence-electron chi connectivity index (χ1n) is 5.60. The molecule has 0 unspecified atom stereocenters. The number of sulfonamides is 1. The van der Waals surface area contributed by atoms with Crippen molar-refractivity contribution in [2.75, 3.05) is 7.11 Å². The lowest BCUT2D eigenvalue weighted by Crippen LogP contribution is -2.41. The maximum absolute atomic E-state index is 12.0. The van der Waals surface area contributed by atoms with Gasteiger partial charge in [0.2, 0.25) is 10.0 Å². The molecule has 9 nitrogen and oxygen atoms in total. The highest BCUT2D eigenvalue weighted by molar-refractivity contribution is 7.89. The van der Waals surface area contributed by atoms with Crippen molar-refractivity contribution in [3.8, 4) is 0 Å². The molecule has 0 aliphatic heterocycles. The molecule has 0 saturated heterocycles. The van der Waals surface area contributed by atoms with Gasteiger partial charge in [-0.2, -0.15) is 9.82 Å². The van der Waals surface area contributed by atoms with Crippen LogP contribution in [0, 0.1) is 6.92 Å². The van der Waals surface area contributed by atoms with Crippen molar-refractivity contribution in [1.29, 1.82) is 0 Å². The van der Waals surface area contributed by atoms with Gasteiger partial charge in [0.15, 0.2) is 0 Å². The Balaban J connectivity index is 2.83. The van der Waals surface area contributed by atoms with E-state index in [1.54, 1.807) is 0 Å². The minimum Gasteiger partial charge on any atom is -0.480 e. The molecule has 1 heterocycles. The predicted octanol–water partition coefficient (Wildman–Crippen LogP) is -0.597. The van der Waals surface area contributed by atoms with Crippen LogP contribution in [0.15, 0.2) is 11.1 Å². The van der Waals surface area contributed by atoms with E-state index >= 15 is 0 Å². The lowest BCUT2D eigenvalue weighted by atomic mass is 10.2. The molecule has 1 atom stereocenters. The number of ether oxygens (including phenoxy) is 1. The van der Waals surface area contributed by atoms with E-state index in [2.05, 4.69) is 14.9 Å². The molecule has 1 aromatic rings. The lowest BCUT2D eigenvalue weighted by Gasteiger charge is -2.13. The number of carbonyl (C=O) groups excluding carboxylic acids is 1. The zero-order chi connectivity index (χ0) is 15.3. The molecule has 0 saturated carbocycles. The summed E-state index contributed by atoms with van der Waals surface area (Å²) in [6.45, 7) is 1.49. The van der Waals surface area contributed by atoms with Crippen LogP contribution < -0.4 is 4.72 Å². The van der Waals surface area contributed by atoms with Crippen LogP contribution in [0.1, 0.15) is 18.5 Å². The number of hydrogen-bond acceptors (Lipinski definition) is 6. The van der Waals surface area contributed by atoms with Crippen LogP contribution in [0.5, 0.6) is 0 Å². The number of carboxylic acid groups (broad SMARTS) is 1. The fourth-order valence-electron chi connectivity index (χ4n) is 1.46. The average molecular weight is 305 g/mol. The Hall–Kier alpha value is -1.94. The van der Waals surface area contributed by atoms with E-state index in [9.17, 15) is 18.0 Å². The second-order valence-electron chi connectivity index (χ2n) is 3.99. The Bertz CT molecular complexity index is 594. The van der Waals surface area contributed by atoms with Crippen molar-refractivity contribution in [2.24, 2.45) is 0 Å². The lowest BCUT2D eigenvalue weighted by molar-refractivity contribution is -0.142. The Morgan fingerprint density at radius 3 is 2.65 bits per heavy atom. The molecule has 20 heavy (non-hydrogen) atoms. The second-order valence-corrected chi connectivity index (χ2v) is 5.67. The van der Waals surface area contributed by atoms with E-state index in [4.69, 9.17) is 5.11 Å². The first-order valence-corrected chi connectivity index (χ1v) is 7.08. The van der Waals surface area contributed by atoms with E-state index in [0.29, 0.717) is 0 Å². The number of aliphatic carboxylic acids is 1. The zero-order valence-electron chi connectivity index (χ0n) is 10.9. The average Bonchev–Trinajstić information content (AvgIpc) is 2.80. The van der Waals surface area contributed by atoms with E-state index < -0.39 is 28.0 Å². The number of esters is 1. The van der Waals surface area contributed by atoms with Crippen LogP contribution in [0.2, 0.25) is 0 Å². The van der Waals surface area contributed by atoms with E-state index in [-0.39, 0.29) is 23.4 Å². The number of H-pyrrole nitrogens is 1. The van der Waals surface area contributed by atoms with Gasteiger partial charge in [-0.25, -0.2) is 8.42 Å². The topological polar surface area (TPSA) is 138 Å². The van der Waals surface area contributed by atoms with E-state index in [1.165, 1.54) is 6.92 Å². The number of carbonyl (C=O) groups is 2. The number of rotatable bonds is 7. The third-order valence-corrected chi connectivity index (χ3v) is 4.12. The molecule has 0 radical (unpaired) electrons. The number of nitrogens with zero attached hydrogens (tertiary/aromatic N) is 1. The summed E-state index contributed by atoms with van der Waals surface area (Å²) in [7, 11) is -2.86. The summed E-state index contributed by atoms with van der Waals surface area (Å²) in [6.07, 6.45) is 0.662. The fourth-order valence-corrected chi connectivity index (χ4v) is 2.82. The smallest absolute Gasteiger partial charge is 0.321 e. The van der Waals surface area contributed by atoms with E-state index in [1.807, 2.05) is 4.72 Å². The highest BCUT2D eigenvalue weighted by Crippen LogP contribution is 2.12. The summed E-state index contributed by atoms with van der Waals surface area (Å²) in [4.78, 5) is 21.9. The molecule has 0 aromatic carbocycles. The predicted molar refractivity (Wildman–Crippen MR) is 66.3 cm³/mol. The molecule has 1 rings (SSSR count). The van der Waals surface area contributed by atoms with Gasteiger partial charge in [-0.3, -0.25) is 14.7 Å². The molecule has 0 spiro atoms. The molecule has 3 N–H and O–H groups in total. The molecule has 112 valence electrons. The number of nitrogens with one attached hydrogen (secondary N) is 2. The van der Waals surface area contributed by atoms with Crippen molar-refractivity contribution in [1.82, 2.24) is 14.9 Å². The molecule has 0 bridgehead atoms. The maximum Gasteiger partial charge on any atom is 0.321 e. The Kier molecular flexibility index (Phi) is 5.22. The highest BCUT2D eigenvalue weighted by Gasteiger charge is 2.27. The first kappa shape index (κ1) is 16.1. The number of aromatic nitrogens is 2. The van der Waals surface area contributed by atoms with Crippen molar-refractivity contribution in [3.63, 3.8) is 0 Å². The SMILES string of the molecule is COC(=O)CC[C@@H](NS(=O)(=O)c1cn[nH]c1C)C(=O)O. The van der Waals surface area contributed by atoms with Crippen molar-refractivity contribution in [3.05, 3.63) is 11.9 Å². The van der Waals surface area contributed by atoms with Gasteiger partial charge in [0.1, 0.15) is 10.9 Å². The van der Waals surface area contributed by atoms with Crippen molar-refractivity contribution >= 4 is 22.0 Å². The molecule has 0 fully saturated rings. The fraction of sp³-hybridized carbons (Fsp3) is 0.500. The van der Waals surface area contributed by atoms with Crippen LogP contribution in [-0.2, 0) is 24.3 Å². The van der Waals surface area contributed by atoms with Crippen LogP contribution >= 0.6 is 0 Å². The standard InChI is InChI=1S/C10H15N3O6S/c1-6-8(5-11-12-6)20(17,18)13-7(10(15)16)3-4-9(14)19-2/h5,7,13H,3-4H2,1-2H3,(H,11,12)(H,15,16)/t7-/m1/s1. The zero-order valence-corrected chi connectivity index (χ0v) is 11.7. The summed E-state index contributed by atoms with van der Waals surface area (Å²) in [5.74, 6) is -1.99. The highest BCUT2D eigenvalue weighted by atomic mass is 32.2. The van der Waals surface area contributed by atoms with Gasteiger partial charge in [0.05, 0.1) is 19.0 Å². The van der Waals surface area contributed by atoms with Crippen LogP contribution in [0.25, 0.3) is 0 Å². The summed E-state index contributed by atoms with van der Waals surface area (Å²) in [5.41, 5.74) is 0.287. The van der Waals surface area contributed by atoms with Gasteiger partial charge in [0.25, 0.3) is 0 Å². The van der Waals surface area contributed by atoms with Crippen molar-refractivity contribution < 1.29 is 27.9 Å². The minimum atomic E-state index is -4.02. The third kappa shape index (κ3) is 4.03. The van der Waals surface area contributed by atoms with Crippen molar-refractivity contribution in [2.45, 2.75) is 30.7 Å². The van der Waals surface area contributed by atoms with Crippen LogP contribution in [0.3, 0.4) is 0 Å². The molecular formula is C10H15N3O6S. The Morgan fingerprint density at radius 2 is 2.20 bits per heavy atom. The summed E-state index contributed by atoms with van der Waals surface area (Å²) < 4.78 is 30.4. The Morgan fingerprint density at radius 1 is 1.55 bits per heavy atom. The second kappa shape index (κ2) is 6.48. The normalized spacial score (nSPS) is 12.9. The van der Waals surface area contributed by atoms with Gasteiger partial charge in [-0.05, 0) is 13.3 Å². The van der Waals surface area contributed by atoms with Crippen LogP contribution in [0.4, 0.5) is 0 Å². The quantitative estimate of drug-likeness (QED) is 0.572. The molecule has 0 aliphatic rings. The number of aryl methyl sites for hydroxylation is 1. The number of hydrogen-bond donors (Lipinski definition) is 3. The monoisotopic (exact) mass is 305 g/mol. The summed E-state index contributed by atoms with van der Waals surface area (Å²) >= 11 is 0. The number of carboxylic acids is 1. The molecule has 1 aromatic heterocycles. The van der Waals surface area contributed by atoms with Gasteiger partial charge in [0, 0.05) is 6.42 Å². The van der Waals surface area contributed by atoms with Gasteiger partial charge < -0.3 is 9.84 Å². The van der Waals surface area contributed by atoms with E-state index in [0.717, 1.165) is 13.3 Å². The largest absolute Gasteiger partial charge is 0.480 e. The minimum absolute atomic E-state index is 0.137. The maximum atomic E-state index is 12.0. The third-order valence-electron chi connectivity index (χ3n) is 2.53. The number of aromatic amines is 1. The van der Waals surface area contributed by atoms with Crippen LogP contribution in [-0.4, -0.2) is 48.8 Å².